The van der Waals surface area contributed by atoms with E-state index in [9.17, 15) is 4.79 Å². The monoisotopic (exact) mass is 441 g/mol. The summed E-state index contributed by atoms with van der Waals surface area (Å²) in [6.45, 7) is 2.54. The molecule has 0 radical (unpaired) electrons. The van der Waals surface area contributed by atoms with Crippen LogP contribution in [0.2, 0.25) is 0 Å². The minimum atomic E-state index is -0.482. The molecule has 11 nitrogen and oxygen atoms in total. The second-order valence-corrected chi connectivity index (χ2v) is 7.70. The molecule has 1 aliphatic heterocycles. The number of carbonyl (C=O) groups excluding carboxylic acids is 1. The lowest BCUT2D eigenvalue weighted by molar-refractivity contribution is 0.0646. The van der Waals surface area contributed by atoms with Gasteiger partial charge in [-0.25, -0.2) is 14.5 Å². The van der Waals surface area contributed by atoms with Crippen molar-refractivity contribution in [1.82, 2.24) is 44.6 Å². The van der Waals surface area contributed by atoms with Gasteiger partial charge >= 0.3 is 11.8 Å². The van der Waals surface area contributed by atoms with Gasteiger partial charge in [0.15, 0.2) is 0 Å². The number of imidazole rings is 1. The molecule has 0 spiro atoms. The van der Waals surface area contributed by atoms with Crippen LogP contribution in [0.3, 0.4) is 0 Å². The third kappa shape index (κ3) is 3.16. The van der Waals surface area contributed by atoms with Crippen LogP contribution >= 0.6 is 0 Å². The van der Waals surface area contributed by atoms with Crippen LogP contribution in [-0.4, -0.2) is 57.1 Å². The zero-order valence-electron chi connectivity index (χ0n) is 17.7. The first-order chi connectivity index (χ1) is 16.2. The molecular formula is C22H19N9O2. The minimum Gasteiger partial charge on any atom is -0.411 e. The van der Waals surface area contributed by atoms with Crippen molar-refractivity contribution in [2.75, 3.05) is 6.54 Å². The summed E-state index contributed by atoms with van der Waals surface area (Å²) in [5.74, 6) is -0.359. The van der Waals surface area contributed by atoms with Crippen molar-refractivity contribution >= 4 is 11.4 Å². The molecule has 11 heteroatoms. The number of fused-ring (bicyclic) bond motifs is 2. The van der Waals surface area contributed by atoms with E-state index in [2.05, 4.69) is 37.1 Å². The fourth-order valence-corrected chi connectivity index (χ4v) is 4.23. The quantitative estimate of drug-likeness (QED) is 0.449. The minimum absolute atomic E-state index is 0.113. The van der Waals surface area contributed by atoms with E-state index in [4.69, 9.17) is 9.52 Å². The first kappa shape index (κ1) is 19.3. The van der Waals surface area contributed by atoms with E-state index in [0.29, 0.717) is 18.7 Å². The average Bonchev–Trinajstić information content (AvgIpc) is 3.62. The molecule has 164 valence electrons. The number of aryl methyl sites for hydroxylation is 1. The number of nitrogens with one attached hydrogen (secondary N) is 1. The van der Waals surface area contributed by atoms with E-state index >= 15 is 0 Å². The molecule has 1 N–H and O–H groups in total. The Morgan fingerprint density at radius 3 is 3.03 bits per heavy atom. The molecule has 0 unspecified atom stereocenters. The summed E-state index contributed by atoms with van der Waals surface area (Å²) >= 11 is 0. The highest BCUT2D eigenvalue weighted by Crippen LogP contribution is 2.34. The maximum absolute atomic E-state index is 13.5. The first-order valence-electron chi connectivity index (χ1n) is 10.6. The Kier molecular flexibility index (Phi) is 4.45. The van der Waals surface area contributed by atoms with E-state index in [1.807, 2.05) is 28.8 Å². The van der Waals surface area contributed by atoms with E-state index in [0.717, 1.165) is 34.7 Å². The van der Waals surface area contributed by atoms with Gasteiger partial charge in [-0.3, -0.25) is 9.78 Å². The molecule has 0 bridgehead atoms. The van der Waals surface area contributed by atoms with Gasteiger partial charge in [0.25, 0.3) is 5.89 Å². The number of carbonyl (C=O) groups is 1. The molecule has 0 fully saturated rings. The molecule has 0 aromatic carbocycles. The van der Waals surface area contributed by atoms with Gasteiger partial charge < -0.3 is 14.3 Å². The number of pyridine rings is 1. The van der Waals surface area contributed by atoms with Gasteiger partial charge in [0, 0.05) is 36.7 Å². The summed E-state index contributed by atoms with van der Waals surface area (Å²) < 4.78 is 7.58. The molecular weight excluding hydrogens is 422 g/mol. The highest BCUT2D eigenvalue weighted by Gasteiger charge is 2.38. The normalized spacial score (nSPS) is 15.7. The zero-order chi connectivity index (χ0) is 22.4. The summed E-state index contributed by atoms with van der Waals surface area (Å²) in [5, 5.41) is 12.8. The van der Waals surface area contributed by atoms with Gasteiger partial charge in [-0.15, -0.1) is 10.2 Å². The number of hydrogen-bond donors (Lipinski definition) is 1. The van der Waals surface area contributed by atoms with Crippen LogP contribution in [0.1, 0.15) is 46.4 Å². The average molecular weight is 441 g/mol. The smallest absolute Gasteiger partial charge is 0.312 e. The Morgan fingerprint density at radius 2 is 2.18 bits per heavy atom. The van der Waals surface area contributed by atoms with E-state index in [1.165, 1.54) is 12.4 Å². The maximum Gasteiger partial charge on any atom is 0.312 e. The SMILES string of the molecule is CCc1cccc2cc([C@@H]3c4nc[nH]c4CCN3C(=O)c3nnc(-c4cnccn4)o3)nn12. The highest BCUT2D eigenvalue weighted by atomic mass is 16.4. The van der Waals surface area contributed by atoms with Crippen molar-refractivity contribution in [3.63, 3.8) is 0 Å². The number of aromatic amines is 1. The van der Waals surface area contributed by atoms with Crippen LogP contribution in [0.15, 0.2) is 53.6 Å². The molecule has 0 saturated carbocycles. The Bertz CT molecular complexity index is 1450. The zero-order valence-corrected chi connectivity index (χ0v) is 17.7. The predicted molar refractivity (Wildman–Crippen MR) is 115 cm³/mol. The van der Waals surface area contributed by atoms with Crippen LogP contribution in [0.25, 0.3) is 17.1 Å². The van der Waals surface area contributed by atoms with Crippen molar-refractivity contribution in [3.8, 4) is 11.6 Å². The number of nitrogens with zero attached hydrogens (tertiary/aromatic N) is 8. The molecule has 6 rings (SSSR count). The molecule has 1 atom stereocenters. The number of hydrogen-bond acceptors (Lipinski definition) is 8. The Balaban J connectivity index is 1.41. The topological polar surface area (TPSA) is 131 Å². The molecule has 6 heterocycles. The lowest BCUT2D eigenvalue weighted by Crippen LogP contribution is -2.41. The summed E-state index contributed by atoms with van der Waals surface area (Å²) in [4.78, 5) is 31.1. The third-order valence-electron chi connectivity index (χ3n) is 5.80. The lowest BCUT2D eigenvalue weighted by Gasteiger charge is -2.32. The van der Waals surface area contributed by atoms with Gasteiger partial charge in [0.05, 0.1) is 29.4 Å². The molecule has 1 aliphatic rings. The largest absolute Gasteiger partial charge is 0.411 e. The predicted octanol–water partition coefficient (Wildman–Crippen LogP) is 2.25. The second kappa shape index (κ2) is 7.62. The first-order valence-corrected chi connectivity index (χ1v) is 10.6. The number of aromatic nitrogens is 8. The van der Waals surface area contributed by atoms with Gasteiger partial charge in [0.2, 0.25) is 0 Å². The lowest BCUT2D eigenvalue weighted by atomic mass is 9.99. The van der Waals surface area contributed by atoms with Crippen molar-refractivity contribution in [2.24, 2.45) is 0 Å². The summed E-state index contributed by atoms with van der Waals surface area (Å²) in [7, 11) is 0. The molecule has 0 aliphatic carbocycles. The van der Waals surface area contributed by atoms with Crippen LogP contribution in [0.4, 0.5) is 0 Å². The van der Waals surface area contributed by atoms with Crippen molar-refractivity contribution in [2.45, 2.75) is 25.8 Å². The Hall–Kier alpha value is -4.41. The van der Waals surface area contributed by atoms with Gasteiger partial charge in [-0.2, -0.15) is 5.10 Å². The van der Waals surface area contributed by atoms with E-state index in [-0.39, 0.29) is 17.7 Å². The number of amides is 1. The summed E-state index contributed by atoms with van der Waals surface area (Å²) in [5.41, 5.74) is 4.93. The standard InChI is InChI=1S/C22H19N9O2/c1-2-13-4-3-5-14-10-16(29-31(13)14)19-18-15(25-12-26-18)6-9-30(19)22(32)21-28-27-20(33-21)17-11-23-7-8-24-17/h3-5,7-8,10-12,19H,2,6,9H2,1H3,(H,25,26)/t19-/m1/s1. The second-order valence-electron chi connectivity index (χ2n) is 7.70. The molecule has 0 saturated heterocycles. The molecule has 5 aromatic heterocycles. The van der Waals surface area contributed by atoms with Gasteiger partial charge in [-0.1, -0.05) is 13.0 Å². The van der Waals surface area contributed by atoms with Gasteiger partial charge in [-0.05, 0) is 24.6 Å². The van der Waals surface area contributed by atoms with Crippen molar-refractivity contribution < 1.29 is 9.21 Å². The highest BCUT2D eigenvalue weighted by molar-refractivity contribution is 5.90. The van der Waals surface area contributed by atoms with Crippen molar-refractivity contribution in [3.05, 3.63) is 77.8 Å². The van der Waals surface area contributed by atoms with Crippen LogP contribution in [-0.2, 0) is 12.8 Å². The number of rotatable bonds is 4. The number of H-pyrrole nitrogens is 1. The molecule has 5 aromatic rings. The fourth-order valence-electron chi connectivity index (χ4n) is 4.23. The fraction of sp³-hybridized carbons (Fsp3) is 0.227. The van der Waals surface area contributed by atoms with Gasteiger partial charge in [0.1, 0.15) is 11.7 Å². The summed E-state index contributed by atoms with van der Waals surface area (Å²) in [6, 6.07) is 7.56. The summed E-state index contributed by atoms with van der Waals surface area (Å²) in [6.07, 6.45) is 7.70. The maximum atomic E-state index is 13.5. The van der Waals surface area contributed by atoms with E-state index in [1.54, 1.807) is 17.4 Å². The third-order valence-corrected chi connectivity index (χ3v) is 5.80. The van der Waals surface area contributed by atoms with Crippen LogP contribution in [0.5, 0.6) is 0 Å². The Morgan fingerprint density at radius 1 is 1.24 bits per heavy atom. The molecule has 1 amide bonds. The van der Waals surface area contributed by atoms with Crippen molar-refractivity contribution in [1.29, 1.82) is 0 Å². The Labute approximate surface area is 187 Å². The molecule has 33 heavy (non-hydrogen) atoms. The van der Waals surface area contributed by atoms with Crippen LogP contribution in [0, 0.1) is 0 Å². The van der Waals surface area contributed by atoms with Crippen LogP contribution < -0.4 is 0 Å². The van der Waals surface area contributed by atoms with E-state index < -0.39 is 6.04 Å².